The van der Waals surface area contributed by atoms with Crippen LogP contribution in [0.5, 0.6) is 0 Å². The summed E-state index contributed by atoms with van der Waals surface area (Å²) in [6.45, 7) is 5.45. The number of aliphatic hydroxyl groups excluding tert-OH is 1. The molecule has 0 aliphatic carbocycles. The third-order valence-electron chi connectivity index (χ3n) is 3.39. The average molecular weight is 236 g/mol. The molecule has 1 aromatic rings. The van der Waals surface area contributed by atoms with Gasteiger partial charge in [0.1, 0.15) is 0 Å². The van der Waals surface area contributed by atoms with E-state index in [-0.39, 0.29) is 5.92 Å². The fourth-order valence-electron chi connectivity index (χ4n) is 2.35. The maximum Gasteiger partial charge on any atom is 0.0838 e. The van der Waals surface area contributed by atoms with Gasteiger partial charge in [-0.1, -0.05) is 6.92 Å². The second kappa shape index (κ2) is 5.56. The highest BCUT2D eigenvalue weighted by Crippen LogP contribution is 2.31. The van der Waals surface area contributed by atoms with Gasteiger partial charge in [-0.3, -0.25) is 0 Å². The van der Waals surface area contributed by atoms with Gasteiger partial charge in [0.05, 0.1) is 17.5 Å². The van der Waals surface area contributed by atoms with Crippen LogP contribution < -0.4 is 0 Å². The minimum absolute atomic E-state index is 0.289. The normalized spacial score (nSPS) is 19.2. The Morgan fingerprint density at radius 3 is 2.76 bits per heavy atom. The summed E-state index contributed by atoms with van der Waals surface area (Å²) in [4.78, 5) is 0. The predicted octanol–water partition coefficient (Wildman–Crippen LogP) is 1.81. The van der Waals surface area contributed by atoms with Crippen LogP contribution in [0.15, 0.2) is 6.07 Å². The molecule has 94 valence electrons. The minimum atomic E-state index is -0.428. The van der Waals surface area contributed by atoms with Crippen molar-refractivity contribution >= 4 is 0 Å². The Morgan fingerprint density at radius 1 is 1.41 bits per heavy atom. The minimum Gasteiger partial charge on any atom is -0.388 e. The Hall–Kier alpha value is -1.00. The van der Waals surface area contributed by atoms with Gasteiger partial charge >= 0.3 is 0 Å². The summed E-state index contributed by atoms with van der Waals surface area (Å²) in [5, 5.41) is 18.7. The number of aryl methyl sites for hydroxylation is 2. The standard InChI is InChI=1S/C13H20N2O2/c1-3-12-11(8-9(2)14-15-12)13(16)10-4-6-17-7-5-10/h8,10,13,16H,3-7H2,1-2H3. The van der Waals surface area contributed by atoms with E-state index in [1.165, 1.54) is 0 Å². The molecule has 0 aromatic carbocycles. The number of ether oxygens (including phenoxy) is 1. The van der Waals surface area contributed by atoms with Crippen molar-refractivity contribution < 1.29 is 9.84 Å². The van der Waals surface area contributed by atoms with Crippen molar-refractivity contribution in [2.45, 2.75) is 39.2 Å². The van der Waals surface area contributed by atoms with Crippen molar-refractivity contribution in [3.05, 3.63) is 23.0 Å². The van der Waals surface area contributed by atoms with E-state index in [0.29, 0.717) is 0 Å². The van der Waals surface area contributed by atoms with Crippen LogP contribution in [0.3, 0.4) is 0 Å². The van der Waals surface area contributed by atoms with Crippen molar-refractivity contribution in [1.29, 1.82) is 0 Å². The van der Waals surface area contributed by atoms with Crippen LogP contribution in [0.4, 0.5) is 0 Å². The first-order valence-corrected chi connectivity index (χ1v) is 6.31. The molecular formula is C13H20N2O2. The molecule has 2 rings (SSSR count). The number of hydrogen-bond acceptors (Lipinski definition) is 4. The summed E-state index contributed by atoms with van der Waals surface area (Å²) in [7, 11) is 0. The Labute approximate surface area is 102 Å². The first-order valence-electron chi connectivity index (χ1n) is 6.31. The van der Waals surface area contributed by atoms with Crippen molar-refractivity contribution in [3.63, 3.8) is 0 Å². The lowest BCUT2D eigenvalue weighted by Crippen LogP contribution is -2.23. The van der Waals surface area contributed by atoms with E-state index in [4.69, 9.17) is 4.74 Å². The summed E-state index contributed by atoms with van der Waals surface area (Å²) in [6.07, 6.45) is 2.23. The van der Waals surface area contributed by atoms with Crippen LogP contribution in [0.25, 0.3) is 0 Å². The largest absolute Gasteiger partial charge is 0.388 e. The topological polar surface area (TPSA) is 55.2 Å². The number of hydrogen-bond donors (Lipinski definition) is 1. The summed E-state index contributed by atoms with van der Waals surface area (Å²) in [6, 6.07) is 1.96. The fourth-order valence-corrected chi connectivity index (χ4v) is 2.35. The van der Waals surface area contributed by atoms with Gasteiger partial charge in [0.15, 0.2) is 0 Å². The van der Waals surface area contributed by atoms with Gasteiger partial charge < -0.3 is 9.84 Å². The van der Waals surface area contributed by atoms with Gasteiger partial charge in [0.2, 0.25) is 0 Å². The molecule has 4 heteroatoms. The first kappa shape index (κ1) is 12.5. The van der Waals surface area contributed by atoms with Gasteiger partial charge in [-0.25, -0.2) is 0 Å². The van der Waals surface area contributed by atoms with Crippen molar-refractivity contribution in [1.82, 2.24) is 10.2 Å². The van der Waals surface area contributed by atoms with Gasteiger partial charge in [0, 0.05) is 18.8 Å². The highest BCUT2D eigenvalue weighted by molar-refractivity contribution is 5.24. The molecule has 0 spiro atoms. The zero-order chi connectivity index (χ0) is 12.3. The molecule has 1 atom stereocenters. The Morgan fingerprint density at radius 2 is 2.12 bits per heavy atom. The molecular weight excluding hydrogens is 216 g/mol. The molecule has 1 fully saturated rings. The Bertz CT molecular complexity index is 376. The molecule has 1 aliphatic heterocycles. The zero-order valence-corrected chi connectivity index (χ0v) is 10.5. The Balaban J connectivity index is 2.21. The lowest BCUT2D eigenvalue weighted by Gasteiger charge is -2.27. The molecule has 0 bridgehead atoms. The highest BCUT2D eigenvalue weighted by atomic mass is 16.5. The molecule has 0 amide bonds. The summed E-state index contributed by atoms with van der Waals surface area (Å²) in [5.41, 5.74) is 2.73. The number of nitrogens with zero attached hydrogens (tertiary/aromatic N) is 2. The molecule has 1 saturated heterocycles. The molecule has 0 radical (unpaired) electrons. The molecule has 0 saturated carbocycles. The Kier molecular flexibility index (Phi) is 4.07. The van der Waals surface area contributed by atoms with E-state index in [2.05, 4.69) is 10.2 Å². The van der Waals surface area contributed by atoms with E-state index < -0.39 is 6.10 Å². The van der Waals surface area contributed by atoms with E-state index in [1.807, 2.05) is 19.9 Å². The van der Waals surface area contributed by atoms with E-state index in [9.17, 15) is 5.11 Å². The SMILES string of the molecule is CCc1nnc(C)cc1C(O)C1CCOCC1. The molecule has 1 aromatic heterocycles. The van der Waals surface area contributed by atoms with Gasteiger partial charge in [-0.05, 0) is 38.2 Å². The van der Waals surface area contributed by atoms with Gasteiger partial charge in [-0.15, -0.1) is 0 Å². The van der Waals surface area contributed by atoms with Crippen LogP contribution in [0.1, 0.15) is 42.8 Å². The number of rotatable bonds is 3. The molecule has 1 N–H and O–H groups in total. The maximum atomic E-state index is 10.5. The highest BCUT2D eigenvalue weighted by Gasteiger charge is 2.25. The first-order chi connectivity index (χ1) is 8.22. The third-order valence-corrected chi connectivity index (χ3v) is 3.39. The monoisotopic (exact) mass is 236 g/mol. The molecule has 1 unspecified atom stereocenters. The average Bonchev–Trinajstić information content (AvgIpc) is 2.39. The quantitative estimate of drug-likeness (QED) is 0.869. The number of aliphatic hydroxyl groups is 1. The predicted molar refractivity (Wildman–Crippen MR) is 64.6 cm³/mol. The van der Waals surface area contributed by atoms with Crippen LogP contribution in [-0.4, -0.2) is 28.5 Å². The lowest BCUT2D eigenvalue weighted by atomic mass is 9.88. The summed E-state index contributed by atoms with van der Waals surface area (Å²) < 4.78 is 5.33. The lowest BCUT2D eigenvalue weighted by molar-refractivity contribution is 0.00664. The maximum absolute atomic E-state index is 10.5. The molecule has 17 heavy (non-hydrogen) atoms. The van der Waals surface area contributed by atoms with E-state index in [1.54, 1.807) is 0 Å². The molecule has 4 nitrogen and oxygen atoms in total. The smallest absolute Gasteiger partial charge is 0.0838 e. The summed E-state index contributed by atoms with van der Waals surface area (Å²) >= 11 is 0. The van der Waals surface area contributed by atoms with Gasteiger partial charge in [0.25, 0.3) is 0 Å². The third kappa shape index (κ3) is 2.82. The van der Waals surface area contributed by atoms with Gasteiger partial charge in [-0.2, -0.15) is 10.2 Å². The fraction of sp³-hybridized carbons (Fsp3) is 0.692. The summed E-state index contributed by atoms with van der Waals surface area (Å²) in [5.74, 6) is 0.289. The second-order valence-corrected chi connectivity index (χ2v) is 4.64. The van der Waals surface area contributed by atoms with Crippen molar-refractivity contribution in [3.8, 4) is 0 Å². The van der Waals surface area contributed by atoms with E-state index in [0.717, 1.165) is 49.4 Å². The van der Waals surface area contributed by atoms with Crippen molar-refractivity contribution in [2.75, 3.05) is 13.2 Å². The van der Waals surface area contributed by atoms with Crippen LogP contribution in [0.2, 0.25) is 0 Å². The van der Waals surface area contributed by atoms with E-state index >= 15 is 0 Å². The molecule has 1 aliphatic rings. The second-order valence-electron chi connectivity index (χ2n) is 4.64. The van der Waals surface area contributed by atoms with Crippen LogP contribution in [-0.2, 0) is 11.2 Å². The van der Waals surface area contributed by atoms with Crippen molar-refractivity contribution in [2.24, 2.45) is 5.92 Å². The van der Waals surface area contributed by atoms with Crippen LogP contribution in [0, 0.1) is 12.8 Å². The zero-order valence-electron chi connectivity index (χ0n) is 10.5. The van der Waals surface area contributed by atoms with Crippen LogP contribution >= 0.6 is 0 Å². The molecule has 2 heterocycles. The number of aromatic nitrogens is 2.